The van der Waals surface area contributed by atoms with Gasteiger partial charge in [0, 0.05) is 95.4 Å². The Hall–Kier alpha value is -6.98. The average Bonchev–Trinajstić information content (AvgIpc) is 0.772. The zero-order valence-corrected chi connectivity index (χ0v) is 57.1. The van der Waals surface area contributed by atoms with Crippen LogP contribution < -0.4 is 0 Å². The van der Waals surface area contributed by atoms with Crippen molar-refractivity contribution in [1.82, 2.24) is 14.7 Å². The number of rotatable bonds is 19. The summed E-state index contributed by atoms with van der Waals surface area (Å²) in [6.45, 7) is 16.5. The Bertz CT molecular complexity index is 3950. The molecule has 0 aromatic heterocycles. The molecule has 4 atom stereocenters. The SMILES string of the molecule is CC(C)(C#N)C(=C1CN(C(c2ccc(Cl)cc2)c2ccc(Cl)cc2)C1)c1cc(F)cc(F)c1.CC(C)(O)[C@H](c1cc(F)cc(F)c1)C1CN([C@@H](c2ccc(Cl)cc2)c2cccc(C#N)c2)C1.CCCCC(c1ccc(Cl)cc1)N1CC(C(c2cc(F)cc(F)c2)C(C)(C)O)C1. The summed E-state index contributed by atoms with van der Waals surface area (Å²) < 4.78 is 83.5. The molecule has 8 aromatic carbocycles. The average molecular weight is 1370 g/mol. The minimum Gasteiger partial charge on any atom is -0.390 e. The van der Waals surface area contributed by atoms with Gasteiger partial charge in [0.25, 0.3) is 0 Å². The van der Waals surface area contributed by atoms with Crippen LogP contribution >= 0.6 is 46.4 Å². The third-order valence-corrected chi connectivity index (χ3v) is 19.2. The van der Waals surface area contributed by atoms with E-state index in [4.69, 9.17) is 46.4 Å². The van der Waals surface area contributed by atoms with E-state index in [1.54, 1.807) is 47.6 Å². The molecule has 3 aliphatic rings. The molecule has 0 spiro atoms. The van der Waals surface area contributed by atoms with E-state index in [1.807, 2.05) is 103 Å². The van der Waals surface area contributed by atoms with Gasteiger partial charge in [0.05, 0.1) is 46.4 Å². The minimum absolute atomic E-state index is 0.000139. The fourth-order valence-electron chi connectivity index (χ4n) is 14.1. The van der Waals surface area contributed by atoms with Crippen molar-refractivity contribution in [3.63, 3.8) is 0 Å². The Morgan fingerprint density at radius 2 is 0.842 bits per heavy atom. The van der Waals surface area contributed by atoms with E-state index < -0.39 is 57.4 Å². The first-order valence-electron chi connectivity index (χ1n) is 31.7. The molecular formula is C78H77Cl4F6N5O2. The zero-order valence-electron chi connectivity index (χ0n) is 54.1. The van der Waals surface area contributed by atoms with Crippen molar-refractivity contribution in [2.75, 3.05) is 39.3 Å². The summed E-state index contributed by atoms with van der Waals surface area (Å²) in [6, 6.07) is 53.6. The number of allylic oxidation sites excluding steroid dienone is 1. The molecule has 11 rings (SSSR count). The van der Waals surface area contributed by atoms with Crippen LogP contribution in [0.3, 0.4) is 0 Å². The molecule has 8 aromatic rings. The van der Waals surface area contributed by atoms with Crippen LogP contribution in [0.15, 0.2) is 181 Å². The largest absolute Gasteiger partial charge is 0.390 e. The van der Waals surface area contributed by atoms with Gasteiger partial charge in [0.1, 0.15) is 34.9 Å². The molecule has 3 heterocycles. The number of aliphatic hydroxyl groups is 2. The van der Waals surface area contributed by atoms with Crippen LogP contribution in [0.2, 0.25) is 20.1 Å². The molecule has 17 heteroatoms. The van der Waals surface area contributed by atoms with Gasteiger partial charge in [-0.25, -0.2) is 26.3 Å². The van der Waals surface area contributed by atoms with E-state index >= 15 is 0 Å². The van der Waals surface area contributed by atoms with Gasteiger partial charge in [0.15, 0.2) is 0 Å². The summed E-state index contributed by atoms with van der Waals surface area (Å²) in [5, 5.41) is 43.5. The molecule has 3 fully saturated rings. The highest BCUT2D eigenvalue weighted by atomic mass is 35.5. The Morgan fingerprint density at radius 1 is 0.474 bits per heavy atom. The lowest BCUT2D eigenvalue weighted by Crippen LogP contribution is -2.54. The molecule has 0 radical (unpaired) electrons. The fraction of sp³-hybridized carbons (Fsp3) is 0.333. The van der Waals surface area contributed by atoms with Crippen LogP contribution in [0.4, 0.5) is 26.3 Å². The third-order valence-electron chi connectivity index (χ3n) is 18.2. The predicted molar refractivity (Wildman–Crippen MR) is 368 cm³/mol. The van der Waals surface area contributed by atoms with E-state index in [1.165, 1.54) is 42.0 Å². The van der Waals surface area contributed by atoms with E-state index in [-0.39, 0.29) is 35.9 Å². The number of hydrogen-bond donors (Lipinski definition) is 2. The van der Waals surface area contributed by atoms with Crippen molar-refractivity contribution < 1.29 is 36.6 Å². The lowest BCUT2D eigenvalue weighted by atomic mass is 9.71. The first-order valence-corrected chi connectivity index (χ1v) is 33.2. The maximum atomic E-state index is 14.0. The van der Waals surface area contributed by atoms with Gasteiger partial charge in [0.2, 0.25) is 0 Å². The second-order valence-electron chi connectivity index (χ2n) is 26.8. The monoisotopic (exact) mass is 1370 g/mol. The van der Waals surface area contributed by atoms with Gasteiger partial charge in [-0.2, -0.15) is 10.5 Å². The molecule has 2 unspecified atom stereocenters. The molecule has 0 amide bonds. The number of benzene rings is 8. The normalized spacial score (nSPS) is 16.1. The van der Waals surface area contributed by atoms with Crippen LogP contribution in [0.25, 0.3) is 5.57 Å². The topological polar surface area (TPSA) is 97.8 Å². The van der Waals surface area contributed by atoms with Crippen molar-refractivity contribution in [3.05, 3.63) is 287 Å². The van der Waals surface area contributed by atoms with Gasteiger partial charge < -0.3 is 10.2 Å². The second-order valence-corrected chi connectivity index (χ2v) is 28.5. The lowest BCUT2D eigenvalue weighted by Gasteiger charge is -2.50. The standard InChI is InChI=1S/C27H22Cl2F2N2.C27H25ClF2N2O.C24H30ClF2NO/c1-27(2,16-32)25(19-11-23(30)13-24(31)12-19)20-14-33(15-20)26(17-3-7-21(28)8-4-17)18-5-9-22(29)10-6-18;1-27(2,33)25(20-11-23(29)13-24(30)12-20)21-15-32(16-21)26(18-6-8-22(28)9-7-18)19-5-3-4-17(10-19)14-31;1-4-5-6-22(16-7-9-19(25)10-8-16)28-14-18(15-28)23(24(2,3)29)17-11-20(26)13-21(27)12-17/h3-13,26H,14-15H2,1-2H3;3-13,21,25-26,33H,15-16H2,1-2H3;7-13,18,22-23,29H,4-6,14-15H2,1-3H3/t;25-,26+;/m.1./s1. The van der Waals surface area contributed by atoms with E-state index in [9.17, 15) is 47.1 Å². The molecule has 0 aliphatic carbocycles. The van der Waals surface area contributed by atoms with Crippen molar-refractivity contribution in [1.29, 1.82) is 10.5 Å². The van der Waals surface area contributed by atoms with Crippen LogP contribution in [0.5, 0.6) is 0 Å². The summed E-state index contributed by atoms with van der Waals surface area (Å²) in [6.07, 6.45) is 3.29. The number of nitriles is 2. The van der Waals surface area contributed by atoms with E-state index in [0.717, 1.165) is 83.4 Å². The van der Waals surface area contributed by atoms with E-state index in [2.05, 4.69) is 45.9 Å². The third kappa shape index (κ3) is 18.2. The van der Waals surface area contributed by atoms with Crippen LogP contribution in [0, 0.1) is 74.8 Å². The summed E-state index contributed by atoms with van der Waals surface area (Å²) in [7, 11) is 0. The highest BCUT2D eigenvalue weighted by Crippen LogP contribution is 2.48. The van der Waals surface area contributed by atoms with Crippen LogP contribution in [0.1, 0.15) is 148 Å². The van der Waals surface area contributed by atoms with E-state index in [0.29, 0.717) is 69.1 Å². The Balaban J connectivity index is 0.000000168. The molecule has 496 valence electrons. The van der Waals surface area contributed by atoms with Crippen molar-refractivity contribution >= 4 is 52.0 Å². The zero-order chi connectivity index (χ0) is 68.7. The summed E-state index contributed by atoms with van der Waals surface area (Å²) in [5.41, 5.74) is 5.87. The van der Waals surface area contributed by atoms with Crippen molar-refractivity contribution in [2.45, 2.75) is 109 Å². The smallest absolute Gasteiger partial charge is 0.126 e. The molecule has 3 saturated heterocycles. The Morgan fingerprint density at radius 3 is 1.21 bits per heavy atom. The minimum atomic E-state index is -1.16. The Kier molecular flexibility index (Phi) is 23.6. The predicted octanol–water partition coefficient (Wildman–Crippen LogP) is 20.1. The quantitative estimate of drug-likeness (QED) is 0.0779. The number of nitrogens with zero attached hydrogens (tertiary/aromatic N) is 5. The number of hydrogen-bond acceptors (Lipinski definition) is 7. The van der Waals surface area contributed by atoms with Gasteiger partial charge in [-0.1, -0.05) is 127 Å². The van der Waals surface area contributed by atoms with Gasteiger partial charge >= 0.3 is 0 Å². The van der Waals surface area contributed by atoms with Crippen molar-refractivity contribution in [2.24, 2.45) is 17.3 Å². The highest BCUT2D eigenvalue weighted by Gasteiger charge is 2.46. The maximum Gasteiger partial charge on any atom is 0.126 e. The first kappa shape index (κ1) is 72.3. The fourth-order valence-corrected chi connectivity index (χ4v) is 14.6. The number of halogens is 10. The summed E-state index contributed by atoms with van der Waals surface area (Å²) >= 11 is 24.4. The first-order chi connectivity index (χ1) is 45.0. The molecule has 2 N–H and O–H groups in total. The maximum absolute atomic E-state index is 14.0. The summed E-state index contributed by atoms with van der Waals surface area (Å²) in [4.78, 5) is 6.90. The van der Waals surface area contributed by atoms with Crippen molar-refractivity contribution in [3.8, 4) is 12.1 Å². The van der Waals surface area contributed by atoms with Crippen LogP contribution in [-0.4, -0.2) is 75.4 Å². The van der Waals surface area contributed by atoms with Gasteiger partial charge in [-0.3, -0.25) is 14.7 Å². The molecule has 95 heavy (non-hydrogen) atoms. The summed E-state index contributed by atoms with van der Waals surface area (Å²) in [5.74, 6) is -4.46. The molecule has 3 aliphatic heterocycles. The highest BCUT2D eigenvalue weighted by molar-refractivity contribution is 6.31. The molecule has 7 nitrogen and oxygen atoms in total. The van der Waals surface area contributed by atoms with Crippen LogP contribution in [-0.2, 0) is 0 Å². The lowest BCUT2D eigenvalue weighted by molar-refractivity contribution is -0.0381. The second kappa shape index (κ2) is 31.0. The molecule has 0 bridgehead atoms. The number of likely N-dealkylation sites (tertiary alicyclic amines) is 3. The van der Waals surface area contributed by atoms with Gasteiger partial charge in [-0.05, 0) is 213 Å². The van der Waals surface area contributed by atoms with Gasteiger partial charge in [-0.15, -0.1) is 0 Å². The number of unbranched alkanes of at least 4 members (excludes halogenated alkanes) is 1. The molecule has 0 saturated carbocycles. The Labute approximate surface area is 574 Å². The molecular weight excluding hydrogens is 1290 g/mol.